The molecule has 6 nitrogen and oxygen atoms in total. The Labute approximate surface area is 118 Å². The lowest BCUT2D eigenvalue weighted by atomic mass is 10.4. The third-order valence-electron chi connectivity index (χ3n) is 2.74. The SMILES string of the molecule is Cc1cc2c(Sc3nnc(C)n3C)nc(N)nc2s1. The number of rotatable bonds is 2. The average Bonchev–Trinajstić information content (AvgIpc) is 2.86. The van der Waals surface area contributed by atoms with Crippen LogP contribution in [0.5, 0.6) is 0 Å². The average molecular weight is 292 g/mol. The van der Waals surface area contributed by atoms with E-state index in [1.54, 1.807) is 11.3 Å². The van der Waals surface area contributed by atoms with Crippen molar-refractivity contribution in [1.82, 2.24) is 24.7 Å². The van der Waals surface area contributed by atoms with Crippen molar-refractivity contribution < 1.29 is 0 Å². The molecule has 3 aromatic rings. The van der Waals surface area contributed by atoms with Gasteiger partial charge in [-0.2, -0.15) is 0 Å². The summed E-state index contributed by atoms with van der Waals surface area (Å²) in [5.41, 5.74) is 5.76. The highest BCUT2D eigenvalue weighted by Crippen LogP contribution is 2.34. The van der Waals surface area contributed by atoms with Gasteiger partial charge in [0.25, 0.3) is 0 Å². The number of nitrogens with zero attached hydrogens (tertiary/aromatic N) is 5. The van der Waals surface area contributed by atoms with E-state index >= 15 is 0 Å². The van der Waals surface area contributed by atoms with Gasteiger partial charge in [0.1, 0.15) is 15.7 Å². The first-order valence-electron chi connectivity index (χ1n) is 5.62. The predicted molar refractivity (Wildman–Crippen MR) is 76.4 cm³/mol. The first-order chi connectivity index (χ1) is 9.04. The number of fused-ring (bicyclic) bond motifs is 1. The monoisotopic (exact) mass is 292 g/mol. The zero-order valence-corrected chi connectivity index (χ0v) is 12.3. The smallest absolute Gasteiger partial charge is 0.222 e. The van der Waals surface area contributed by atoms with E-state index < -0.39 is 0 Å². The lowest BCUT2D eigenvalue weighted by molar-refractivity contribution is 0.765. The second-order valence-corrected chi connectivity index (χ2v) is 6.34. The van der Waals surface area contributed by atoms with Crippen molar-refractivity contribution >= 4 is 39.3 Å². The number of hydrogen-bond donors (Lipinski definition) is 1. The Balaban J connectivity index is 2.11. The van der Waals surface area contributed by atoms with Crippen LogP contribution in [0.4, 0.5) is 5.95 Å². The first kappa shape index (κ1) is 12.4. The molecule has 0 unspecified atom stereocenters. The molecule has 0 fully saturated rings. The number of aromatic nitrogens is 5. The summed E-state index contributed by atoms with van der Waals surface area (Å²) in [4.78, 5) is 10.7. The molecule has 98 valence electrons. The molecule has 3 rings (SSSR count). The van der Waals surface area contributed by atoms with Gasteiger partial charge in [0.15, 0.2) is 5.16 Å². The van der Waals surface area contributed by atoms with Crippen molar-refractivity contribution in [3.63, 3.8) is 0 Å². The van der Waals surface area contributed by atoms with E-state index in [2.05, 4.69) is 26.2 Å². The third kappa shape index (κ3) is 2.17. The summed E-state index contributed by atoms with van der Waals surface area (Å²) in [5.74, 6) is 1.15. The second-order valence-electron chi connectivity index (χ2n) is 4.15. The molecule has 0 saturated heterocycles. The normalized spacial score (nSPS) is 11.3. The fourth-order valence-electron chi connectivity index (χ4n) is 1.67. The maximum absolute atomic E-state index is 5.76. The topological polar surface area (TPSA) is 82.5 Å². The van der Waals surface area contributed by atoms with Crippen LogP contribution in [0.25, 0.3) is 10.2 Å². The second kappa shape index (κ2) is 4.46. The molecule has 19 heavy (non-hydrogen) atoms. The van der Waals surface area contributed by atoms with Crippen LogP contribution >= 0.6 is 23.1 Å². The molecule has 0 bridgehead atoms. The Bertz CT molecular complexity index is 760. The number of nitrogens with two attached hydrogens (primary N) is 1. The summed E-state index contributed by atoms with van der Waals surface area (Å²) < 4.78 is 1.92. The molecule has 3 heterocycles. The molecule has 3 aromatic heterocycles. The molecule has 8 heteroatoms. The lowest BCUT2D eigenvalue weighted by Crippen LogP contribution is -1.97. The number of nitrogen functional groups attached to an aromatic ring is 1. The standard InChI is InChI=1S/C11H12N6S2/c1-5-4-7-8(18-5)13-10(12)14-9(7)19-11-16-15-6(2)17(11)3/h4H,1-3H3,(H2,12,13,14). The van der Waals surface area contributed by atoms with E-state index in [1.807, 2.05) is 25.5 Å². The Morgan fingerprint density at radius 1 is 1.26 bits per heavy atom. The zero-order valence-electron chi connectivity index (χ0n) is 10.7. The van der Waals surface area contributed by atoms with Gasteiger partial charge in [-0.05, 0) is 31.7 Å². The van der Waals surface area contributed by atoms with E-state index in [0.29, 0.717) is 0 Å². The van der Waals surface area contributed by atoms with E-state index in [4.69, 9.17) is 5.73 Å². The third-order valence-corrected chi connectivity index (χ3v) is 4.73. The molecule has 2 N–H and O–H groups in total. The quantitative estimate of drug-likeness (QED) is 0.729. The Kier molecular flexibility index (Phi) is 2.90. The number of hydrogen-bond acceptors (Lipinski definition) is 7. The minimum absolute atomic E-state index is 0.288. The van der Waals surface area contributed by atoms with Crippen molar-refractivity contribution in [2.24, 2.45) is 7.05 Å². The van der Waals surface area contributed by atoms with Crippen LogP contribution in [0.3, 0.4) is 0 Å². The maximum Gasteiger partial charge on any atom is 0.222 e. The fourth-order valence-corrected chi connectivity index (χ4v) is 3.55. The molecule has 0 radical (unpaired) electrons. The lowest BCUT2D eigenvalue weighted by Gasteiger charge is -2.03. The molecular formula is C11H12N6S2. The van der Waals surface area contributed by atoms with Gasteiger partial charge in [-0.3, -0.25) is 0 Å². The Morgan fingerprint density at radius 2 is 2.05 bits per heavy atom. The largest absolute Gasteiger partial charge is 0.368 e. The van der Waals surface area contributed by atoms with Crippen LogP contribution in [0.1, 0.15) is 10.7 Å². The van der Waals surface area contributed by atoms with Crippen molar-refractivity contribution in [2.45, 2.75) is 24.0 Å². The van der Waals surface area contributed by atoms with Crippen molar-refractivity contribution in [3.05, 3.63) is 16.8 Å². The molecule has 0 atom stereocenters. The Morgan fingerprint density at radius 3 is 2.74 bits per heavy atom. The summed E-state index contributed by atoms with van der Waals surface area (Å²) in [6, 6.07) is 2.07. The predicted octanol–water partition coefficient (Wildman–Crippen LogP) is 2.17. The van der Waals surface area contributed by atoms with E-state index in [-0.39, 0.29) is 5.95 Å². The van der Waals surface area contributed by atoms with Crippen LogP contribution in [-0.2, 0) is 7.05 Å². The summed E-state index contributed by atoms with van der Waals surface area (Å²) in [7, 11) is 1.93. The van der Waals surface area contributed by atoms with E-state index in [1.165, 1.54) is 16.6 Å². The molecule has 0 saturated carbocycles. The number of anilines is 1. The molecule has 0 amide bonds. The highest BCUT2D eigenvalue weighted by molar-refractivity contribution is 7.99. The van der Waals surface area contributed by atoms with Gasteiger partial charge < -0.3 is 10.3 Å². The minimum Gasteiger partial charge on any atom is -0.368 e. The summed E-state index contributed by atoms with van der Waals surface area (Å²) in [5, 5.41) is 10.8. The van der Waals surface area contributed by atoms with Crippen molar-refractivity contribution in [2.75, 3.05) is 5.73 Å². The minimum atomic E-state index is 0.288. The molecule has 0 aliphatic heterocycles. The van der Waals surface area contributed by atoms with Crippen LogP contribution in [-0.4, -0.2) is 24.7 Å². The van der Waals surface area contributed by atoms with Crippen molar-refractivity contribution in [3.8, 4) is 0 Å². The zero-order chi connectivity index (χ0) is 13.6. The Hall–Kier alpha value is -1.67. The summed E-state index contributed by atoms with van der Waals surface area (Å²) >= 11 is 3.07. The fraction of sp³-hybridized carbons (Fsp3) is 0.273. The molecule has 0 aromatic carbocycles. The number of aryl methyl sites for hydroxylation is 2. The molecule has 0 aliphatic rings. The van der Waals surface area contributed by atoms with Gasteiger partial charge in [-0.15, -0.1) is 21.5 Å². The van der Waals surface area contributed by atoms with Crippen molar-refractivity contribution in [1.29, 1.82) is 0 Å². The van der Waals surface area contributed by atoms with Crippen LogP contribution in [0.2, 0.25) is 0 Å². The first-order valence-corrected chi connectivity index (χ1v) is 7.25. The van der Waals surface area contributed by atoms with Crippen LogP contribution < -0.4 is 5.73 Å². The van der Waals surface area contributed by atoms with E-state index in [9.17, 15) is 0 Å². The van der Waals surface area contributed by atoms with Crippen LogP contribution in [0.15, 0.2) is 16.2 Å². The van der Waals surface area contributed by atoms with E-state index in [0.717, 1.165) is 26.2 Å². The highest BCUT2D eigenvalue weighted by atomic mass is 32.2. The molecule has 0 aliphatic carbocycles. The summed E-state index contributed by atoms with van der Waals surface area (Å²) in [6.45, 7) is 3.96. The van der Waals surface area contributed by atoms with Gasteiger partial charge >= 0.3 is 0 Å². The number of thiophene rings is 1. The van der Waals surface area contributed by atoms with Gasteiger partial charge in [-0.25, -0.2) is 9.97 Å². The maximum atomic E-state index is 5.76. The van der Waals surface area contributed by atoms with Gasteiger partial charge in [0, 0.05) is 17.3 Å². The van der Waals surface area contributed by atoms with Gasteiger partial charge in [-0.1, -0.05) is 0 Å². The van der Waals surface area contributed by atoms with Crippen LogP contribution in [0, 0.1) is 13.8 Å². The van der Waals surface area contributed by atoms with Gasteiger partial charge in [0.05, 0.1) is 0 Å². The van der Waals surface area contributed by atoms with Gasteiger partial charge in [0.2, 0.25) is 5.95 Å². The summed E-state index contributed by atoms with van der Waals surface area (Å²) in [6.07, 6.45) is 0. The highest BCUT2D eigenvalue weighted by Gasteiger charge is 2.14. The molecular weight excluding hydrogens is 280 g/mol. The molecule has 0 spiro atoms.